The summed E-state index contributed by atoms with van der Waals surface area (Å²) in [7, 11) is 2.09. The molecule has 5 nitrogen and oxygen atoms in total. The SMILES string of the molecule is CN1CCN(C(=O)c2ccc3c(c2)NC(=O)CCS3)[C@H](c2ccccc2)C1. The number of rotatable bonds is 2. The Balaban J connectivity index is 1.63. The summed E-state index contributed by atoms with van der Waals surface area (Å²) in [5.74, 6) is 0.788. The number of hydrogen-bond donors (Lipinski definition) is 1. The molecule has 0 unspecified atom stereocenters. The van der Waals surface area contributed by atoms with Gasteiger partial charge in [-0.25, -0.2) is 0 Å². The molecule has 1 fully saturated rings. The van der Waals surface area contributed by atoms with E-state index in [-0.39, 0.29) is 17.9 Å². The number of amides is 2. The third kappa shape index (κ3) is 3.87. The molecule has 1 N–H and O–H groups in total. The quantitative estimate of drug-likeness (QED) is 0.868. The average Bonchev–Trinajstić information content (AvgIpc) is 2.88. The predicted molar refractivity (Wildman–Crippen MR) is 108 cm³/mol. The summed E-state index contributed by atoms with van der Waals surface area (Å²) in [5, 5.41) is 2.93. The van der Waals surface area contributed by atoms with Gasteiger partial charge < -0.3 is 15.1 Å². The van der Waals surface area contributed by atoms with Crippen LogP contribution in [-0.2, 0) is 4.79 Å². The van der Waals surface area contributed by atoms with E-state index in [0.29, 0.717) is 18.5 Å². The van der Waals surface area contributed by atoms with Gasteiger partial charge in [-0.15, -0.1) is 11.8 Å². The molecular formula is C21H23N3O2S. The van der Waals surface area contributed by atoms with E-state index in [9.17, 15) is 9.59 Å². The van der Waals surface area contributed by atoms with Crippen molar-refractivity contribution < 1.29 is 9.59 Å². The molecule has 6 heteroatoms. The number of nitrogens with one attached hydrogen (secondary N) is 1. The maximum Gasteiger partial charge on any atom is 0.254 e. The molecule has 2 heterocycles. The molecular weight excluding hydrogens is 358 g/mol. The van der Waals surface area contributed by atoms with Gasteiger partial charge >= 0.3 is 0 Å². The van der Waals surface area contributed by atoms with Gasteiger partial charge in [0.05, 0.1) is 11.7 Å². The van der Waals surface area contributed by atoms with Crippen molar-refractivity contribution in [3.05, 3.63) is 59.7 Å². The van der Waals surface area contributed by atoms with Crippen LogP contribution in [0.2, 0.25) is 0 Å². The summed E-state index contributed by atoms with van der Waals surface area (Å²) in [6.07, 6.45) is 0.497. The minimum absolute atomic E-state index is 0.00704. The molecule has 0 radical (unpaired) electrons. The lowest BCUT2D eigenvalue weighted by Crippen LogP contribution is -2.49. The number of thioether (sulfide) groups is 1. The topological polar surface area (TPSA) is 52.6 Å². The molecule has 0 aliphatic carbocycles. The number of carbonyl (C=O) groups is 2. The van der Waals surface area contributed by atoms with Crippen LogP contribution in [-0.4, -0.2) is 54.0 Å². The third-order valence-electron chi connectivity index (χ3n) is 5.12. The summed E-state index contributed by atoms with van der Waals surface area (Å²) in [5.41, 5.74) is 2.52. The fraction of sp³-hybridized carbons (Fsp3) is 0.333. The molecule has 0 spiro atoms. The molecule has 2 amide bonds. The van der Waals surface area contributed by atoms with Gasteiger partial charge in [0.25, 0.3) is 5.91 Å². The normalized spacial score (nSPS) is 20.6. The molecule has 2 aromatic rings. The summed E-state index contributed by atoms with van der Waals surface area (Å²) in [4.78, 5) is 30.5. The smallest absolute Gasteiger partial charge is 0.254 e. The van der Waals surface area contributed by atoms with Crippen molar-refractivity contribution in [2.24, 2.45) is 0 Å². The van der Waals surface area contributed by atoms with Gasteiger partial charge in [-0.05, 0) is 30.8 Å². The largest absolute Gasteiger partial charge is 0.329 e. The van der Waals surface area contributed by atoms with Crippen molar-refractivity contribution in [3.63, 3.8) is 0 Å². The highest BCUT2D eigenvalue weighted by Gasteiger charge is 2.31. The number of anilines is 1. The molecule has 0 saturated carbocycles. The van der Waals surface area contributed by atoms with Crippen LogP contribution < -0.4 is 5.32 Å². The fourth-order valence-corrected chi connectivity index (χ4v) is 4.58. The van der Waals surface area contributed by atoms with Crippen LogP contribution >= 0.6 is 11.8 Å². The molecule has 1 saturated heterocycles. The second-order valence-electron chi connectivity index (χ2n) is 7.04. The minimum Gasteiger partial charge on any atom is -0.329 e. The van der Waals surface area contributed by atoms with E-state index < -0.39 is 0 Å². The summed E-state index contributed by atoms with van der Waals surface area (Å²) in [6, 6.07) is 15.9. The van der Waals surface area contributed by atoms with Crippen LogP contribution in [0, 0.1) is 0 Å². The molecule has 140 valence electrons. The summed E-state index contributed by atoms with van der Waals surface area (Å²) >= 11 is 1.65. The monoisotopic (exact) mass is 381 g/mol. The second kappa shape index (κ2) is 7.74. The van der Waals surface area contributed by atoms with Gasteiger partial charge in [0, 0.05) is 42.3 Å². The first-order valence-electron chi connectivity index (χ1n) is 9.23. The Labute approximate surface area is 163 Å². The summed E-state index contributed by atoms with van der Waals surface area (Å²) < 4.78 is 0. The Morgan fingerprint density at radius 3 is 2.78 bits per heavy atom. The lowest BCUT2D eigenvalue weighted by atomic mass is 10.0. The van der Waals surface area contributed by atoms with E-state index >= 15 is 0 Å². The molecule has 0 bridgehead atoms. The van der Waals surface area contributed by atoms with Crippen LogP contribution in [0.4, 0.5) is 5.69 Å². The van der Waals surface area contributed by atoms with Crippen molar-refractivity contribution in [2.75, 3.05) is 37.8 Å². The minimum atomic E-state index is 0.00704. The van der Waals surface area contributed by atoms with Gasteiger partial charge in [-0.2, -0.15) is 0 Å². The molecule has 1 atom stereocenters. The van der Waals surface area contributed by atoms with E-state index in [1.807, 2.05) is 41.3 Å². The number of piperazine rings is 1. The Bertz CT molecular complexity index is 856. The first kappa shape index (κ1) is 18.1. The highest BCUT2D eigenvalue weighted by Crippen LogP contribution is 2.33. The number of carbonyl (C=O) groups excluding carboxylic acids is 2. The van der Waals surface area contributed by atoms with E-state index in [1.165, 1.54) is 0 Å². The van der Waals surface area contributed by atoms with E-state index in [1.54, 1.807) is 11.8 Å². The zero-order valence-electron chi connectivity index (χ0n) is 15.4. The molecule has 2 aliphatic heterocycles. The van der Waals surface area contributed by atoms with Gasteiger partial charge in [-0.1, -0.05) is 30.3 Å². The van der Waals surface area contributed by atoms with E-state index in [2.05, 4.69) is 29.4 Å². The van der Waals surface area contributed by atoms with Crippen LogP contribution in [0.15, 0.2) is 53.4 Å². The van der Waals surface area contributed by atoms with Crippen molar-refractivity contribution in [1.29, 1.82) is 0 Å². The van der Waals surface area contributed by atoms with Crippen molar-refractivity contribution in [2.45, 2.75) is 17.4 Å². The predicted octanol–water partition coefficient (Wildman–Crippen LogP) is 3.25. The zero-order chi connectivity index (χ0) is 18.8. The molecule has 2 aliphatic rings. The Kier molecular flexibility index (Phi) is 5.18. The van der Waals surface area contributed by atoms with Crippen molar-refractivity contribution in [3.8, 4) is 0 Å². The maximum atomic E-state index is 13.3. The zero-order valence-corrected chi connectivity index (χ0v) is 16.2. The lowest BCUT2D eigenvalue weighted by Gasteiger charge is -2.40. The van der Waals surface area contributed by atoms with Crippen molar-refractivity contribution >= 4 is 29.3 Å². The second-order valence-corrected chi connectivity index (χ2v) is 8.18. The molecule has 2 aromatic carbocycles. The Morgan fingerprint density at radius 1 is 1.15 bits per heavy atom. The Hall–Kier alpha value is -2.31. The number of hydrogen-bond acceptors (Lipinski definition) is 4. The number of likely N-dealkylation sites (N-methyl/N-ethyl adjacent to an activating group) is 1. The molecule has 27 heavy (non-hydrogen) atoms. The third-order valence-corrected chi connectivity index (χ3v) is 6.19. The van der Waals surface area contributed by atoms with E-state index in [4.69, 9.17) is 0 Å². The number of fused-ring (bicyclic) bond motifs is 1. The van der Waals surface area contributed by atoms with Gasteiger partial charge in [0.2, 0.25) is 5.91 Å². The van der Waals surface area contributed by atoms with Gasteiger partial charge in [0.1, 0.15) is 0 Å². The average molecular weight is 382 g/mol. The number of nitrogens with zero attached hydrogens (tertiary/aromatic N) is 2. The maximum absolute atomic E-state index is 13.3. The summed E-state index contributed by atoms with van der Waals surface area (Å²) in [6.45, 7) is 2.35. The molecule has 0 aromatic heterocycles. The van der Waals surface area contributed by atoms with Gasteiger partial charge in [0.15, 0.2) is 0 Å². The van der Waals surface area contributed by atoms with Gasteiger partial charge in [-0.3, -0.25) is 9.59 Å². The van der Waals surface area contributed by atoms with Crippen LogP contribution in [0.5, 0.6) is 0 Å². The fourth-order valence-electron chi connectivity index (χ4n) is 3.64. The molecule has 4 rings (SSSR count). The number of benzene rings is 2. The van der Waals surface area contributed by atoms with Crippen molar-refractivity contribution in [1.82, 2.24) is 9.80 Å². The Morgan fingerprint density at radius 2 is 1.96 bits per heavy atom. The van der Waals surface area contributed by atoms with Crippen LogP contribution in [0.25, 0.3) is 0 Å². The van der Waals surface area contributed by atoms with Crippen LogP contribution in [0.1, 0.15) is 28.4 Å². The lowest BCUT2D eigenvalue weighted by molar-refractivity contribution is -0.115. The van der Waals surface area contributed by atoms with Crippen LogP contribution in [0.3, 0.4) is 0 Å². The first-order chi connectivity index (χ1) is 13.1. The standard InChI is InChI=1S/C21H23N3O2S/c1-23-10-11-24(18(14-23)15-5-3-2-4-6-15)21(26)16-7-8-19-17(13-16)22-20(25)9-12-27-19/h2-8,13,18H,9-12,14H2,1H3,(H,22,25)/t18-/m0/s1. The van der Waals surface area contributed by atoms with E-state index in [0.717, 1.165) is 35.0 Å². The highest BCUT2D eigenvalue weighted by atomic mass is 32.2. The highest BCUT2D eigenvalue weighted by molar-refractivity contribution is 7.99. The first-order valence-corrected chi connectivity index (χ1v) is 10.2.